The van der Waals surface area contributed by atoms with E-state index in [1.54, 1.807) is 0 Å². The quantitative estimate of drug-likeness (QED) is 0.608. The maximum absolute atomic E-state index is 8.92. The first kappa shape index (κ1) is 16.0. The largest absolute Gasteiger partial charge is 0.346 e. The van der Waals surface area contributed by atoms with E-state index in [0.717, 1.165) is 54.6 Å². The van der Waals surface area contributed by atoms with Gasteiger partial charge >= 0.3 is 0 Å². The van der Waals surface area contributed by atoms with E-state index in [0.29, 0.717) is 6.04 Å². The minimum Gasteiger partial charge on any atom is -0.346 e. The number of fused-ring (bicyclic) bond motifs is 3. The monoisotopic (exact) mass is 356 g/mol. The highest BCUT2D eigenvalue weighted by Gasteiger charge is 2.23. The molecule has 1 aromatic carbocycles. The fourth-order valence-electron chi connectivity index (χ4n) is 4.11. The summed E-state index contributed by atoms with van der Waals surface area (Å²) in [4.78, 5) is 14.7. The van der Waals surface area contributed by atoms with Crippen molar-refractivity contribution in [2.45, 2.75) is 25.4 Å². The van der Waals surface area contributed by atoms with Crippen LogP contribution in [-0.2, 0) is 6.54 Å². The first-order valence-electron chi connectivity index (χ1n) is 9.32. The molecule has 6 heteroatoms. The maximum Gasteiger partial charge on any atom is 0.139 e. The number of benzene rings is 1. The number of imidazole rings is 1. The van der Waals surface area contributed by atoms with Gasteiger partial charge in [-0.25, -0.2) is 9.97 Å². The Labute approximate surface area is 157 Å². The number of hydrogen-bond acceptors (Lipinski definition) is 4. The summed E-state index contributed by atoms with van der Waals surface area (Å²) in [6, 6.07) is 12.6. The van der Waals surface area contributed by atoms with Crippen molar-refractivity contribution in [3.05, 3.63) is 60.2 Å². The molecule has 0 bridgehead atoms. The van der Waals surface area contributed by atoms with E-state index < -0.39 is 0 Å². The smallest absolute Gasteiger partial charge is 0.139 e. The van der Waals surface area contributed by atoms with Crippen molar-refractivity contribution < 1.29 is 0 Å². The zero-order valence-electron chi connectivity index (χ0n) is 15.0. The van der Waals surface area contributed by atoms with Gasteiger partial charge in [0, 0.05) is 37.3 Å². The summed E-state index contributed by atoms with van der Waals surface area (Å²) in [6.07, 6.45) is 7.98. The average molecular weight is 356 g/mol. The summed E-state index contributed by atoms with van der Waals surface area (Å²) in [5.41, 5.74) is 5.05. The highest BCUT2D eigenvalue weighted by molar-refractivity contribution is 6.00. The van der Waals surface area contributed by atoms with Crippen LogP contribution in [0.5, 0.6) is 0 Å². The summed E-state index contributed by atoms with van der Waals surface area (Å²) in [5, 5.41) is 10.1. The number of likely N-dealkylation sites (tertiary alicyclic amines) is 1. The molecule has 5 rings (SSSR count). The number of hydrogen-bond donors (Lipinski definition) is 1. The van der Waals surface area contributed by atoms with Gasteiger partial charge < -0.3 is 9.55 Å². The fraction of sp³-hybridized carbons (Fsp3) is 0.286. The Morgan fingerprint density at radius 2 is 1.93 bits per heavy atom. The number of pyridine rings is 1. The van der Waals surface area contributed by atoms with E-state index >= 15 is 0 Å². The van der Waals surface area contributed by atoms with Gasteiger partial charge in [0.2, 0.25) is 0 Å². The van der Waals surface area contributed by atoms with E-state index in [9.17, 15) is 0 Å². The number of nitrogens with one attached hydrogen (secondary N) is 1. The zero-order valence-corrected chi connectivity index (χ0v) is 15.0. The predicted molar refractivity (Wildman–Crippen MR) is 104 cm³/mol. The van der Waals surface area contributed by atoms with Crippen LogP contribution in [0.15, 0.2) is 49.1 Å². The molecule has 0 unspecified atom stereocenters. The lowest BCUT2D eigenvalue weighted by molar-refractivity contribution is 0.181. The second-order valence-corrected chi connectivity index (χ2v) is 7.20. The van der Waals surface area contributed by atoms with Crippen molar-refractivity contribution >= 4 is 22.1 Å². The van der Waals surface area contributed by atoms with Gasteiger partial charge in [0.05, 0.1) is 29.7 Å². The molecule has 4 heterocycles. The van der Waals surface area contributed by atoms with Gasteiger partial charge in [0.1, 0.15) is 11.2 Å². The van der Waals surface area contributed by atoms with Crippen molar-refractivity contribution in [1.82, 2.24) is 24.4 Å². The number of H-pyrrole nitrogens is 1. The van der Waals surface area contributed by atoms with Crippen LogP contribution < -0.4 is 0 Å². The number of aromatic amines is 1. The highest BCUT2D eigenvalue weighted by atomic mass is 15.2. The van der Waals surface area contributed by atoms with Gasteiger partial charge in [-0.05, 0) is 36.6 Å². The van der Waals surface area contributed by atoms with Crippen molar-refractivity contribution in [3.63, 3.8) is 0 Å². The Morgan fingerprint density at radius 1 is 1.11 bits per heavy atom. The summed E-state index contributed by atoms with van der Waals surface area (Å²) >= 11 is 0. The van der Waals surface area contributed by atoms with Crippen LogP contribution in [-0.4, -0.2) is 37.5 Å². The second-order valence-electron chi connectivity index (χ2n) is 7.20. The van der Waals surface area contributed by atoms with Crippen LogP contribution in [0.1, 0.15) is 30.0 Å². The Morgan fingerprint density at radius 3 is 2.70 bits per heavy atom. The summed E-state index contributed by atoms with van der Waals surface area (Å²) in [7, 11) is 0. The molecule has 0 aliphatic carbocycles. The molecule has 0 atom stereocenters. The summed E-state index contributed by atoms with van der Waals surface area (Å²) < 4.78 is 2.34. The van der Waals surface area contributed by atoms with E-state index in [1.807, 2.05) is 30.9 Å². The van der Waals surface area contributed by atoms with Gasteiger partial charge in [-0.2, -0.15) is 5.26 Å². The van der Waals surface area contributed by atoms with Crippen LogP contribution in [0.2, 0.25) is 0 Å². The third kappa shape index (κ3) is 2.86. The lowest BCUT2D eigenvalue weighted by Gasteiger charge is -2.33. The molecule has 0 amide bonds. The molecule has 6 nitrogen and oxygen atoms in total. The van der Waals surface area contributed by atoms with Gasteiger partial charge in [-0.3, -0.25) is 4.90 Å². The topological polar surface area (TPSA) is 73.5 Å². The van der Waals surface area contributed by atoms with Gasteiger partial charge in [0.25, 0.3) is 0 Å². The number of nitrogens with zero attached hydrogens (tertiary/aromatic N) is 5. The van der Waals surface area contributed by atoms with Crippen molar-refractivity contribution in [1.29, 1.82) is 5.26 Å². The third-order valence-corrected chi connectivity index (χ3v) is 5.56. The van der Waals surface area contributed by atoms with Crippen LogP contribution in [0.3, 0.4) is 0 Å². The molecule has 134 valence electrons. The van der Waals surface area contributed by atoms with Crippen LogP contribution in [0.4, 0.5) is 0 Å². The summed E-state index contributed by atoms with van der Waals surface area (Å²) in [5.74, 6) is 0. The Bertz CT molecular complexity index is 1120. The van der Waals surface area contributed by atoms with Crippen LogP contribution in [0.25, 0.3) is 22.1 Å². The lowest BCUT2D eigenvalue weighted by Crippen LogP contribution is -2.34. The molecule has 3 aromatic heterocycles. The van der Waals surface area contributed by atoms with Crippen molar-refractivity contribution in [3.8, 4) is 6.07 Å². The van der Waals surface area contributed by atoms with E-state index in [1.165, 1.54) is 11.1 Å². The number of nitriles is 1. The maximum atomic E-state index is 8.92. The molecule has 4 aromatic rings. The molecule has 0 saturated carbocycles. The fourth-order valence-corrected chi connectivity index (χ4v) is 4.11. The second kappa shape index (κ2) is 6.53. The van der Waals surface area contributed by atoms with Crippen molar-refractivity contribution in [2.75, 3.05) is 13.1 Å². The Hall–Kier alpha value is -3.17. The zero-order chi connectivity index (χ0) is 18.2. The number of rotatable bonds is 3. The van der Waals surface area contributed by atoms with Gasteiger partial charge in [0.15, 0.2) is 0 Å². The average Bonchev–Trinajstić information content (AvgIpc) is 3.35. The lowest BCUT2D eigenvalue weighted by atomic mass is 10.0. The van der Waals surface area contributed by atoms with E-state index in [-0.39, 0.29) is 0 Å². The van der Waals surface area contributed by atoms with Crippen LogP contribution in [0, 0.1) is 11.3 Å². The third-order valence-electron chi connectivity index (χ3n) is 5.56. The molecule has 1 aliphatic rings. The number of piperidine rings is 1. The first-order valence-corrected chi connectivity index (χ1v) is 9.32. The molecule has 0 spiro atoms. The minimum atomic E-state index is 0.465. The predicted octanol–water partition coefficient (Wildman–Crippen LogP) is 3.62. The molecular formula is C21H20N6. The van der Waals surface area contributed by atoms with Crippen molar-refractivity contribution in [2.24, 2.45) is 0 Å². The standard InChI is InChI=1S/C21H20N6/c22-11-15-1-3-16(4-2-15)13-26-9-6-17(7-10-26)27-14-25-19-12-24-21-18(20(19)27)5-8-23-21/h1-5,8,12,14,17H,6-7,9-10,13H2,(H,23,24). The van der Waals surface area contributed by atoms with E-state index in [4.69, 9.17) is 5.26 Å². The molecule has 1 saturated heterocycles. The highest BCUT2D eigenvalue weighted by Crippen LogP contribution is 2.30. The normalized spacial score (nSPS) is 16.1. The van der Waals surface area contributed by atoms with Gasteiger partial charge in [-0.1, -0.05) is 12.1 Å². The molecule has 1 N–H and O–H groups in total. The first-order chi connectivity index (χ1) is 13.3. The summed E-state index contributed by atoms with van der Waals surface area (Å²) in [6.45, 7) is 3.06. The van der Waals surface area contributed by atoms with Gasteiger partial charge in [-0.15, -0.1) is 0 Å². The minimum absolute atomic E-state index is 0.465. The molecule has 0 radical (unpaired) electrons. The van der Waals surface area contributed by atoms with Crippen LogP contribution >= 0.6 is 0 Å². The number of aromatic nitrogens is 4. The molecule has 27 heavy (non-hydrogen) atoms. The molecule has 1 aliphatic heterocycles. The Kier molecular flexibility index (Phi) is 3.88. The SMILES string of the molecule is N#Cc1ccc(CN2CCC(n3cnc4cnc5[nH]ccc5c43)CC2)cc1. The Balaban J connectivity index is 1.32. The molecule has 1 fully saturated rings. The van der Waals surface area contributed by atoms with E-state index in [2.05, 4.69) is 48.7 Å². The molecular weight excluding hydrogens is 336 g/mol.